The van der Waals surface area contributed by atoms with Gasteiger partial charge in [-0.3, -0.25) is 0 Å². The number of rotatable bonds is 1. The molecule has 0 N–H and O–H groups in total. The summed E-state index contributed by atoms with van der Waals surface area (Å²) in [6, 6.07) is 13.1. The number of nitrogens with zero attached hydrogens (tertiary/aromatic N) is 2. The molecule has 0 bridgehead atoms. The first-order valence-corrected chi connectivity index (χ1v) is 7.14. The topological polar surface area (TPSA) is 53.3 Å². The normalized spacial score (nSPS) is 11.0. The van der Waals surface area contributed by atoms with Crippen LogP contribution in [-0.4, -0.2) is 11.7 Å². The average molecular weight is 347 g/mol. The van der Waals surface area contributed by atoms with Crippen molar-refractivity contribution in [1.29, 1.82) is 5.26 Å². The van der Waals surface area contributed by atoms with Crippen LogP contribution in [-0.2, 0) is 4.74 Å². The van der Waals surface area contributed by atoms with Gasteiger partial charge in [0.1, 0.15) is 5.60 Å². The summed E-state index contributed by atoms with van der Waals surface area (Å²) in [4.78, 5) is 12.0. The zero-order valence-corrected chi connectivity index (χ0v) is 13.6. The van der Waals surface area contributed by atoms with Gasteiger partial charge in [0.25, 0.3) is 0 Å². The first kappa shape index (κ1) is 15.3. The Balaban J connectivity index is 2.34. The highest BCUT2D eigenvalue weighted by molar-refractivity contribution is 9.10. The van der Waals surface area contributed by atoms with E-state index >= 15 is 0 Å². The van der Waals surface area contributed by atoms with Crippen molar-refractivity contribution in [2.45, 2.75) is 26.4 Å². The van der Waals surface area contributed by atoms with E-state index in [1.165, 1.54) is 3.93 Å². The number of amides is 1. The Morgan fingerprint density at radius 3 is 2.48 bits per heavy atom. The molecular weight excluding hydrogens is 332 g/mol. The maximum Gasteiger partial charge on any atom is 0.425 e. The summed E-state index contributed by atoms with van der Waals surface area (Å²) in [7, 11) is 0. The second kappa shape index (κ2) is 5.74. The predicted molar refractivity (Wildman–Crippen MR) is 86.3 cm³/mol. The first-order valence-electron chi connectivity index (χ1n) is 6.43. The maximum absolute atomic E-state index is 12.0. The molecule has 0 heterocycles. The third-order valence-corrected chi connectivity index (χ3v) is 3.43. The molecule has 4 nitrogen and oxygen atoms in total. The van der Waals surface area contributed by atoms with Crippen molar-refractivity contribution in [3.63, 3.8) is 0 Å². The van der Waals surface area contributed by atoms with Gasteiger partial charge in [-0.1, -0.05) is 12.1 Å². The van der Waals surface area contributed by atoms with Gasteiger partial charge in [-0.15, -0.1) is 0 Å². The van der Waals surface area contributed by atoms with Gasteiger partial charge < -0.3 is 4.74 Å². The van der Waals surface area contributed by atoms with E-state index in [2.05, 4.69) is 22.2 Å². The lowest BCUT2D eigenvalue weighted by atomic mass is 10.1. The fraction of sp³-hybridized carbons (Fsp3) is 0.250. The van der Waals surface area contributed by atoms with Crippen LogP contribution in [0.15, 0.2) is 36.4 Å². The van der Waals surface area contributed by atoms with E-state index in [-0.39, 0.29) is 0 Å². The Kier molecular flexibility index (Phi) is 4.19. The summed E-state index contributed by atoms with van der Waals surface area (Å²) in [5.74, 6) is 0. The second-order valence-electron chi connectivity index (χ2n) is 5.62. The Morgan fingerprint density at radius 1 is 1.19 bits per heavy atom. The van der Waals surface area contributed by atoms with E-state index < -0.39 is 11.7 Å². The van der Waals surface area contributed by atoms with Gasteiger partial charge in [-0.25, -0.2) is 8.72 Å². The van der Waals surface area contributed by atoms with Crippen molar-refractivity contribution in [2.75, 3.05) is 3.93 Å². The van der Waals surface area contributed by atoms with Crippen molar-refractivity contribution in [2.24, 2.45) is 0 Å². The zero-order valence-electron chi connectivity index (χ0n) is 12.1. The maximum atomic E-state index is 12.0. The van der Waals surface area contributed by atoms with Gasteiger partial charge in [0, 0.05) is 0 Å². The highest BCUT2D eigenvalue weighted by Crippen LogP contribution is 2.26. The lowest BCUT2D eigenvalue weighted by molar-refractivity contribution is 0.0614. The van der Waals surface area contributed by atoms with Crippen molar-refractivity contribution in [3.05, 3.63) is 42.0 Å². The zero-order chi connectivity index (χ0) is 15.6. The number of carbonyl (C=O) groups excluding carboxylic acids is 1. The number of nitriles is 1. The number of hydrogen-bond acceptors (Lipinski definition) is 3. The number of fused-ring (bicyclic) bond motifs is 1. The van der Waals surface area contributed by atoms with Gasteiger partial charge in [0.05, 0.1) is 33.5 Å². The van der Waals surface area contributed by atoms with E-state index in [9.17, 15) is 4.79 Å². The van der Waals surface area contributed by atoms with Gasteiger partial charge in [0.15, 0.2) is 0 Å². The molecule has 0 aromatic heterocycles. The summed E-state index contributed by atoms with van der Waals surface area (Å²) in [5.41, 5.74) is 0.665. The Bertz CT molecular complexity index is 729. The molecule has 5 heteroatoms. The van der Waals surface area contributed by atoms with Crippen LogP contribution in [0.25, 0.3) is 10.8 Å². The molecular formula is C16H15BrN2O2. The summed E-state index contributed by atoms with van der Waals surface area (Å²) < 4.78 is 6.57. The fourth-order valence-electron chi connectivity index (χ4n) is 1.83. The standard InChI is InChI=1S/C16H15BrN2O2/c1-16(2,3)21-15(20)19(17)14-7-6-12-5-4-11(10-18)8-13(12)9-14/h4-9H,1-3H3. The molecule has 0 radical (unpaired) electrons. The van der Waals surface area contributed by atoms with Crippen LogP contribution in [0.5, 0.6) is 0 Å². The lowest BCUT2D eigenvalue weighted by Crippen LogP contribution is -2.30. The van der Waals surface area contributed by atoms with Crippen LogP contribution >= 0.6 is 16.1 Å². The molecule has 0 saturated carbocycles. The Labute approximate surface area is 132 Å². The molecule has 0 fully saturated rings. The number of hydrogen-bond donors (Lipinski definition) is 0. The smallest absolute Gasteiger partial charge is 0.425 e. The van der Waals surface area contributed by atoms with E-state index in [1.807, 2.05) is 45.0 Å². The van der Waals surface area contributed by atoms with Crippen molar-refractivity contribution >= 4 is 38.7 Å². The van der Waals surface area contributed by atoms with Gasteiger partial charge in [0.2, 0.25) is 0 Å². The van der Waals surface area contributed by atoms with Crippen molar-refractivity contribution < 1.29 is 9.53 Å². The van der Waals surface area contributed by atoms with Crippen LogP contribution in [0.3, 0.4) is 0 Å². The monoisotopic (exact) mass is 346 g/mol. The molecule has 0 spiro atoms. The third kappa shape index (κ3) is 3.73. The predicted octanol–water partition coefficient (Wildman–Crippen LogP) is 4.76. The molecule has 108 valence electrons. The minimum Gasteiger partial charge on any atom is -0.443 e. The van der Waals surface area contributed by atoms with Crippen LogP contribution in [0.4, 0.5) is 10.5 Å². The van der Waals surface area contributed by atoms with E-state index in [1.54, 1.807) is 12.1 Å². The van der Waals surface area contributed by atoms with Crippen LogP contribution in [0, 0.1) is 11.3 Å². The molecule has 21 heavy (non-hydrogen) atoms. The highest BCUT2D eigenvalue weighted by Gasteiger charge is 2.22. The molecule has 1 amide bonds. The molecule has 0 atom stereocenters. The number of benzene rings is 2. The number of ether oxygens (including phenoxy) is 1. The lowest BCUT2D eigenvalue weighted by Gasteiger charge is -2.23. The summed E-state index contributed by atoms with van der Waals surface area (Å²) in [6.07, 6.45) is -0.488. The van der Waals surface area contributed by atoms with E-state index in [0.29, 0.717) is 11.3 Å². The van der Waals surface area contributed by atoms with Crippen LogP contribution in [0.1, 0.15) is 26.3 Å². The molecule has 0 aliphatic heterocycles. The van der Waals surface area contributed by atoms with Gasteiger partial charge in [-0.05, 0) is 55.8 Å². The third-order valence-electron chi connectivity index (χ3n) is 2.73. The molecule has 0 aliphatic carbocycles. The number of halogens is 1. The number of anilines is 1. The Hall–Kier alpha value is -2.06. The van der Waals surface area contributed by atoms with Gasteiger partial charge in [-0.2, -0.15) is 5.26 Å². The SMILES string of the molecule is CC(C)(C)OC(=O)N(Br)c1ccc2ccc(C#N)cc2c1. The average Bonchev–Trinajstić information content (AvgIpc) is 2.43. The highest BCUT2D eigenvalue weighted by atomic mass is 79.9. The quantitative estimate of drug-likeness (QED) is 0.699. The van der Waals surface area contributed by atoms with Crippen LogP contribution < -0.4 is 3.93 Å². The minimum atomic E-state index is -0.562. The van der Waals surface area contributed by atoms with Crippen molar-refractivity contribution in [1.82, 2.24) is 0 Å². The molecule has 2 rings (SSSR count). The molecule has 0 unspecified atom stereocenters. The second-order valence-corrected chi connectivity index (χ2v) is 6.33. The minimum absolute atomic E-state index is 0.488. The fourth-order valence-corrected chi connectivity index (χ4v) is 2.13. The Morgan fingerprint density at radius 2 is 1.86 bits per heavy atom. The molecule has 2 aromatic carbocycles. The molecule has 0 saturated heterocycles. The van der Waals surface area contributed by atoms with E-state index in [4.69, 9.17) is 10.00 Å². The summed E-state index contributed by atoms with van der Waals surface area (Å²) >= 11 is 3.22. The van der Waals surface area contributed by atoms with Gasteiger partial charge >= 0.3 is 6.09 Å². The largest absolute Gasteiger partial charge is 0.443 e. The first-order chi connectivity index (χ1) is 9.80. The summed E-state index contributed by atoms with van der Waals surface area (Å²) in [5, 5.41) is 10.8. The van der Waals surface area contributed by atoms with Crippen LogP contribution in [0.2, 0.25) is 0 Å². The van der Waals surface area contributed by atoms with E-state index in [0.717, 1.165) is 10.8 Å². The molecule has 2 aromatic rings. The van der Waals surface area contributed by atoms with Crippen molar-refractivity contribution in [3.8, 4) is 6.07 Å². The summed E-state index contributed by atoms with van der Waals surface area (Å²) in [6.45, 7) is 5.43. The molecule has 0 aliphatic rings. The number of carbonyl (C=O) groups is 1.